The van der Waals surface area contributed by atoms with Gasteiger partial charge < -0.3 is 15.4 Å². The molecule has 4 nitrogen and oxygen atoms in total. The van der Waals surface area contributed by atoms with Gasteiger partial charge in [0.1, 0.15) is 5.75 Å². The van der Waals surface area contributed by atoms with Crippen molar-refractivity contribution in [2.24, 2.45) is 4.99 Å². The second-order valence-corrected chi connectivity index (χ2v) is 4.95. The first-order chi connectivity index (χ1) is 9.24. The summed E-state index contributed by atoms with van der Waals surface area (Å²) in [5.41, 5.74) is 1.14. The van der Waals surface area contributed by atoms with Crippen LogP contribution in [-0.2, 0) is 0 Å². The highest BCUT2D eigenvalue weighted by Crippen LogP contribution is 2.24. The highest BCUT2D eigenvalue weighted by atomic mass is 16.5. The van der Waals surface area contributed by atoms with Crippen molar-refractivity contribution in [3.63, 3.8) is 0 Å². The van der Waals surface area contributed by atoms with Gasteiger partial charge in [-0.25, -0.2) is 0 Å². The van der Waals surface area contributed by atoms with Gasteiger partial charge in [0.2, 0.25) is 0 Å². The molecule has 1 aliphatic rings. The molecule has 1 aromatic rings. The topological polar surface area (TPSA) is 45.7 Å². The van der Waals surface area contributed by atoms with E-state index in [-0.39, 0.29) is 6.04 Å². The molecule has 1 unspecified atom stereocenters. The molecule has 1 aromatic carbocycles. The van der Waals surface area contributed by atoms with Crippen molar-refractivity contribution in [1.82, 2.24) is 10.6 Å². The summed E-state index contributed by atoms with van der Waals surface area (Å²) in [6.45, 7) is 2.12. The van der Waals surface area contributed by atoms with Crippen molar-refractivity contribution in [2.45, 2.75) is 38.3 Å². The molecule has 0 radical (unpaired) electrons. The van der Waals surface area contributed by atoms with E-state index < -0.39 is 0 Å². The van der Waals surface area contributed by atoms with Crippen LogP contribution in [0.3, 0.4) is 0 Å². The molecule has 0 amide bonds. The number of guanidine groups is 1. The van der Waals surface area contributed by atoms with Crippen LogP contribution < -0.4 is 15.4 Å². The fourth-order valence-electron chi connectivity index (χ4n) is 2.22. The molecule has 1 saturated carbocycles. The lowest BCUT2D eigenvalue weighted by molar-refractivity contribution is 0.377. The number of para-hydroxylation sites is 1. The molecular formula is C15H23N3O. The SMILES string of the molecule is CN=C(NC1CCC1)NC(C)c1ccccc1OC. The summed E-state index contributed by atoms with van der Waals surface area (Å²) in [6.07, 6.45) is 3.80. The quantitative estimate of drug-likeness (QED) is 0.646. The molecule has 1 fully saturated rings. The lowest BCUT2D eigenvalue weighted by Crippen LogP contribution is -2.46. The second kappa shape index (κ2) is 6.45. The monoisotopic (exact) mass is 261 g/mol. The Kier molecular flexibility index (Phi) is 4.66. The zero-order chi connectivity index (χ0) is 13.7. The van der Waals surface area contributed by atoms with Crippen LogP contribution in [0.2, 0.25) is 0 Å². The predicted octanol–water partition coefficient (Wildman–Crippen LogP) is 2.47. The highest BCUT2D eigenvalue weighted by Gasteiger charge is 2.19. The molecule has 0 saturated heterocycles. The molecule has 19 heavy (non-hydrogen) atoms. The Balaban J connectivity index is 2.00. The Morgan fingerprint density at radius 1 is 1.37 bits per heavy atom. The Morgan fingerprint density at radius 3 is 2.68 bits per heavy atom. The molecule has 0 aliphatic heterocycles. The first-order valence-electron chi connectivity index (χ1n) is 6.87. The molecule has 0 aromatic heterocycles. The van der Waals surface area contributed by atoms with Crippen LogP contribution in [0.4, 0.5) is 0 Å². The standard InChI is InChI=1S/C15H23N3O/c1-11(13-9-4-5-10-14(13)19-3)17-15(16-2)18-12-7-6-8-12/h4-5,9-12H,6-8H2,1-3H3,(H2,16,17,18). The molecule has 1 aliphatic carbocycles. The van der Waals surface area contributed by atoms with Gasteiger partial charge in [-0.15, -0.1) is 0 Å². The Morgan fingerprint density at radius 2 is 2.11 bits per heavy atom. The summed E-state index contributed by atoms with van der Waals surface area (Å²) < 4.78 is 5.39. The van der Waals surface area contributed by atoms with E-state index in [0.29, 0.717) is 6.04 Å². The average Bonchev–Trinajstić information content (AvgIpc) is 2.41. The number of rotatable bonds is 4. The maximum atomic E-state index is 5.39. The van der Waals surface area contributed by atoms with Gasteiger partial charge in [-0.3, -0.25) is 4.99 Å². The summed E-state index contributed by atoms with van der Waals surface area (Å²) in [5, 5.41) is 6.85. The minimum absolute atomic E-state index is 0.155. The molecule has 104 valence electrons. The molecule has 4 heteroatoms. The van der Waals surface area contributed by atoms with E-state index in [9.17, 15) is 0 Å². The summed E-state index contributed by atoms with van der Waals surface area (Å²) in [4.78, 5) is 4.28. The van der Waals surface area contributed by atoms with E-state index in [1.807, 2.05) is 25.2 Å². The zero-order valence-corrected chi connectivity index (χ0v) is 11.9. The zero-order valence-electron chi connectivity index (χ0n) is 11.9. The van der Waals surface area contributed by atoms with Gasteiger partial charge in [-0.1, -0.05) is 18.2 Å². The van der Waals surface area contributed by atoms with Crippen molar-refractivity contribution >= 4 is 5.96 Å². The van der Waals surface area contributed by atoms with Crippen molar-refractivity contribution in [1.29, 1.82) is 0 Å². The number of benzene rings is 1. The fourth-order valence-corrected chi connectivity index (χ4v) is 2.22. The van der Waals surface area contributed by atoms with E-state index in [2.05, 4.69) is 28.6 Å². The van der Waals surface area contributed by atoms with Gasteiger partial charge >= 0.3 is 0 Å². The minimum Gasteiger partial charge on any atom is -0.496 e. The van der Waals surface area contributed by atoms with Gasteiger partial charge in [0, 0.05) is 18.7 Å². The van der Waals surface area contributed by atoms with Crippen LogP contribution >= 0.6 is 0 Å². The van der Waals surface area contributed by atoms with Crippen molar-refractivity contribution in [2.75, 3.05) is 14.2 Å². The molecule has 0 bridgehead atoms. The number of nitrogens with one attached hydrogen (secondary N) is 2. The molecule has 0 heterocycles. The lowest BCUT2D eigenvalue weighted by Gasteiger charge is -2.29. The maximum Gasteiger partial charge on any atom is 0.191 e. The predicted molar refractivity (Wildman–Crippen MR) is 78.7 cm³/mol. The van der Waals surface area contributed by atoms with E-state index >= 15 is 0 Å². The van der Waals surface area contributed by atoms with Crippen molar-refractivity contribution in [3.8, 4) is 5.75 Å². The summed E-state index contributed by atoms with van der Waals surface area (Å²) in [7, 11) is 3.51. The van der Waals surface area contributed by atoms with Gasteiger partial charge in [-0.05, 0) is 32.3 Å². The first-order valence-corrected chi connectivity index (χ1v) is 6.87. The van der Waals surface area contributed by atoms with E-state index in [0.717, 1.165) is 17.3 Å². The molecule has 2 rings (SSSR count). The summed E-state index contributed by atoms with van der Waals surface area (Å²) >= 11 is 0. The van der Waals surface area contributed by atoms with Crippen LogP contribution in [0.15, 0.2) is 29.3 Å². The summed E-state index contributed by atoms with van der Waals surface area (Å²) in [6, 6.07) is 8.80. The second-order valence-electron chi connectivity index (χ2n) is 4.95. The van der Waals surface area contributed by atoms with Gasteiger partial charge in [0.05, 0.1) is 13.2 Å². The minimum atomic E-state index is 0.155. The van der Waals surface area contributed by atoms with Crippen molar-refractivity contribution < 1.29 is 4.74 Å². The fraction of sp³-hybridized carbons (Fsp3) is 0.533. The third kappa shape index (κ3) is 3.40. The molecular weight excluding hydrogens is 238 g/mol. The van der Waals surface area contributed by atoms with E-state index in [1.54, 1.807) is 7.11 Å². The largest absolute Gasteiger partial charge is 0.496 e. The number of methoxy groups -OCH3 is 1. The normalized spacial score (nSPS) is 17.5. The van der Waals surface area contributed by atoms with Crippen LogP contribution in [0.1, 0.15) is 37.8 Å². The Labute approximate surface area is 115 Å². The number of nitrogens with zero attached hydrogens (tertiary/aromatic N) is 1. The molecule has 1 atom stereocenters. The third-order valence-electron chi connectivity index (χ3n) is 3.63. The third-order valence-corrected chi connectivity index (χ3v) is 3.63. The van der Waals surface area contributed by atoms with Crippen LogP contribution in [0, 0.1) is 0 Å². The smallest absolute Gasteiger partial charge is 0.191 e. The molecule has 2 N–H and O–H groups in total. The van der Waals surface area contributed by atoms with E-state index in [1.165, 1.54) is 19.3 Å². The maximum absolute atomic E-state index is 5.39. The average molecular weight is 261 g/mol. The molecule has 0 spiro atoms. The van der Waals surface area contributed by atoms with Crippen LogP contribution in [0.25, 0.3) is 0 Å². The van der Waals surface area contributed by atoms with Gasteiger partial charge in [0.25, 0.3) is 0 Å². The number of hydrogen-bond acceptors (Lipinski definition) is 2. The van der Waals surface area contributed by atoms with Crippen molar-refractivity contribution in [3.05, 3.63) is 29.8 Å². The van der Waals surface area contributed by atoms with Crippen LogP contribution in [-0.4, -0.2) is 26.2 Å². The van der Waals surface area contributed by atoms with Crippen LogP contribution in [0.5, 0.6) is 5.75 Å². The van der Waals surface area contributed by atoms with E-state index in [4.69, 9.17) is 4.74 Å². The number of ether oxygens (including phenoxy) is 1. The van der Waals surface area contributed by atoms with Gasteiger partial charge in [0.15, 0.2) is 5.96 Å². The Bertz CT molecular complexity index is 441. The Hall–Kier alpha value is -1.71. The van der Waals surface area contributed by atoms with Gasteiger partial charge in [-0.2, -0.15) is 0 Å². The lowest BCUT2D eigenvalue weighted by atomic mass is 9.93. The number of hydrogen-bond donors (Lipinski definition) is 2. The first kappa shape index (κ1) is 13.7. The summed E-state index contributed by atoms with van der Waals surface area (Å²) in [5.74, 6) is 1.77. The number of aliphatic imine (C=N–C) groups is 1. The highest BCUT2D eigenvalue weighted by molar-refractivity contribution is 5.80.